The standard InChI is InChI=1S/C16H18O3/c1-3-19-16(17)11-13-5-4-6-15(13)12-7-9-14(18-2)10-8-12/h6-11H,3-5H2,1-2H3/b13-11+. The Hall–Kier alpha value is -2.03. The average Bonchev–Trinajstić information content (AvgIpc) is 2.87. The van der Waals surface area contributed by atoms with Gasteiger partial charge in [0.05, 0.1) is 13.7 Å². The molecule has 0 bridgehead atoms. The van der Waals surface area contributed by atoms with Crippen molar-refractivity contribution >= 4 is 11.5 Å². The fourth-order valence-electron chi connectivity index (χ4n) is 2.19. The number of hydrogen-bond acceptors (Lipinski definition) is 3. The lowest BCUT2D eigenvalue weighted by Gasteiger charge is -2.07. The van der Waals surface area contributed by atoms with Gasteiger partial charge in [-0.2, -0.15) is 0 Å². The summed E-state index contributed by atoms with van der Waals surface area (Å²) in [6, 6.07) is 7.87. The zero-order valence-corrected chi connectivity index (χ0v) is 11.3. The van der Waals surface area contributed by atoms with Gasteiger partial charge < -0.3 is 9.47 Å². The number of methoxy groups -OCH3 is 1. The first-order valence-corrected chi connectivity index (χ1v) is 6.47. The smallest absolute Gasteiger partial charge is 0.331 e. The zero-order chi connectivity index (χ0) is 13.7. The van der Waals surface area contributed by atoms with Gasteiger partial charge in [-0.1, -0.05) is 18.2 Å². The number of rotatable bonds is 4. The van der Waals surface area contributed by atoms with Crippen molar-refractivity contribution in [1.29, 1.82) is 0 Å². The Kier molecular flexibility index (Phi) is 4.39. The summed E-state index contributed by atoms with van der Waals surface area (Å²) >= 11 is 0. The summed E-state index contributed by atoms with van der Waals surface area (Å²) in [5.74, 6) is 0.567. The predicted molar refractivity (Wildman–Crippen MR) is 74.9 cm³/mol. The quantitative estimate of drug-likeness (QED) is 0.613. The van der Waals surface area contributed by atoms with Crippen LogP contribution < -0.4 is 4.74 Å². The van der Waals surface area contributed by atoms with E-state index in [1.54, 1.807) is 13.2 Å². The van der Waals surface area contributed by atoms with Gasteiger partial charge in [-0.3, -0.25) is 0 Å². The summed E-state index contributed by atoms with van der Waals surface area (Å²) in [7, 11) is 1.65. The lowest BCUT2D eigenvalue weighted by atomic mass is 10.0. The average molecular weight is 258 g/mol. The van der Waals surface area contributed by atoms with E-state index in [0.717, 1.165) is 35.3 Å². The van der Waals surface area contributed by atoms with E-state index in [-0.39, 0.29) is 5.97 Å². The maximum absolute atomic E-state index is 11.5. The van der Waals surface area contributed by atoms with Gasteiger partial charge >= 0.3 is 5.97 Å². The van der Waals surface area contributed by atoms with E-state index in [1.807, 2.05) is 31.2 Å². The number of carbonyl (C=O) groups excluding carboxylic acids is 1. The van der Waals surface area contributed by atoms with E-state index < -0.39 is 0 Å². The molecule has 0 unspecified atom stereocenters. The molecule has 0 fully saturated rings. The van der Waals surface area contributed by atoms with Crippen molar-refractivity contribution < 1.29 is 14.3 Å². The molecule has 0 atom stereocenters. The molecule has 1 aliphatic rings. The molecule has 0 aliphatic heterocycles. The summed E-state index contributed by atoms with van der Waals surface area (Å²) in [5.41, 5.74) is 3.27. The minimum Gasteiger partial charge on any atom is -0.497 e. The SMILES string of the molecule is CCOC(=O)/C=C1\CCC=C1c1ccc(OC)cc1. The number of ether oxygens (including phenoxy) is 2. The van der Waals surface area contributed by atoms with E-state index >= 15 is 0 Å². The number of hydrogen-bond donors (Lipinski definition) is 0. The molecule has 3 heteroatoms. The van der Waals surface area contributed by atoms with Crippen LogP contribution in [0.15, 0.2) is 42.0 Å². The number of esters is 1. The number of carbonyl (C=O) groups is 1. The molecule has 100 valence electrons. The molecule has 1 aromatic carbocycles. The van der Waals surface area contributed by atoms with Crippen molar-refractivity contribution in [3.8, 4) is 5.75 Å². The Balaban J connectivity index is 2.20. The van der Waals surface area contributed by atoms with Gasteiger partial charge in [0.25, 0.3) is 0 Å². The molecule has 1 aromatic rings. The van der Waals surface area contributed by atoms with Crippen LogP contribution in [0.25, 0.3) is 5.57 Å². The first kappa shape index (κ1) is 13.4. The molecule has 0 amide bonds. The van der Waals surface area contributed by atoms with Crippen LogP contribution in [-0.2, 0) is 9.53 Å². The second-order valence-electron chi connectivity index (χ2n) is 4.31. The van der Waals surface area contributed by atoms with Gasteiger partial charge in [-0.15, -0.1) is 0 Å². The van der Waals surface area contributed by atoms with Crippen LogP contribution in [0, 0.1) is 0 Å². The molecule has 19 heavy (non-hydrogen) atoms. The van der Waals surface area contributed by atoms with E-state index in [0.29, 0.717) is 6.61 Å². The van der Waals surface area contributed by atoms with Crippen LogP contribution in [-0.4, -0.2) is 19.7 Å². The lowest BCUT2D eigenvalue weighted by molar-refractivity contribution is -0.137. The monoisotopic (exact) mass is 258 g/mol. The second kappa shape index (κ2) is 6.23. The first-order valence-electron chi connectivity index (χ1n) is 6.47. The second-order valence-corrected chi connectivity index (χ2v) is 4.31. The fourth-order valence-corrected chi connectivity index (χ4v) is 2.19. The molecule has 1 aliphatic carbocycles. The lowest BCUT2D eigenvalue weighted by Crippen LogP contribution is -2.01. The van der Waals surface area contributed by atoms with Crippen molar-refractivity contribution in [3.05, 3.63) is 47.6 Å². The van der Waals surface area contributed by atoms with E-state index in [1.165, 1.54) is 0 Å². The normalized spacial score (nSPS) is 16.3. The summed E-state index contributed by atoms with van der Waals surface area (Å²) in [6.07, 6.45) is 5.62. The molecule has 0 aromatic heterocycles. The molecule has 3 nitrogen and oxygen atoms in total. The topological polar surface area (TPSA) is 35.5 Å². The highest BCUT2D eigenvalue weighted by molar-refractivity contribution is 5.91. The molecule has 2 rings (SSSR count). The fraction of sp³-hybridized carbons (Fsp3) is 0.312. The van der Waals surface area contributed by atoms with Crippen LogP contribution in [0.2, 0.25) is 0 Å². The highest BCUT2D eigenvalue weighted by Gasteiger charge is 2.15. The molecule has 0 saturated carbocycles. The van der Waals surface area contributed by atoms with Gasteiger partial charge in [-0.05, 0) is 48.6 Å². The molecule has 0 radical (unpaired) electrons. The Labute approximate surface area is 113 Å². The van der Waals surface area contributed by atoms with Gasteiger partial charge in [0.1, 0.15) is 5.75 Å². The predicted octanol–water partition coefficient (Wildman–Crippen LogP) is 3.36. The summed E-state index contributed by atoms with van der Waals surface area (Å²) < 4.78 is 10.1. The highest BCUT2D eigenvalue weighted by Crippen LogP contribution is 2.33. The van der Waals surface area contributed by atoms with Gasteiger partial charge in [0.15, 0.2) is 0 Å². The molecule has 0 saturated heterocycles. The summed E-state index contributed by atoms with van der Waals surface area (Å²) in [4.78, 5) is 11.5. The maximum Gasteiger partial charge on any atom is 0.331 e. The minimum atomic E-state index is -0.265. The highest BCUT2D eigenvalue weighted by atomic mass is 16.5. The number of benzene rings is 1. The Bertz CT molecular complexity index is 509. The minimum absolute atomic E-state index is 0.265. The van der Waals surface area contributed by atoms with Crippen molar-refractivity contribution in [2.24, 2.45) is 0 Å². The van der Waals surface area contributed by atoms with Gasteiger partial charge in [0, 0.05) is 6.08 Å². The van der Waals surface area contributed by atoms with E-state index in [9.17, 15) is 4.79 Å². The summed E-state index contributed by atoms with van der Waals surface area (Å²) in [5, 5.41) is 0. The van der Waals surface area contributed by atoms with E-state index in [2.05, 4.69) is 6.08 Å². The molecule has 0 spiro atoms. The molecule has 0 N–H and O–H groups in total. The van der Waals surface area contributed by atoms with Crippen molar-refractivity contribution in [1.82, 2.24) is 0 Å². The van der Waals surface area contributed by atoms with Crippen LogP contribution in [0.3, 0.4) is 0 Å². The Morgan fingerprint density at radius 1 is 1.32 bits per heavy atom. The van der Waals surface area contributed by atoms with Crippen LogP contribution in [0.4, 0.5) is 0 Å². The van der Waals surface area contributed by atoms with Crippen molar-refractivity contribution in [2.75, 3.05) is 13.7 Å². The zero-order valence-electron chi connectivity index (χ0n) is 11.3. The Morgan fingerprint density at radius 3 is 2.68 bits per heavy atom. The largest absolute Gasteiger partial charge is 0.497 e. The third kappa shape index (κ3) is 3.25. The van der Waals surface area contributed by atoms with Crippen molar-refractivity contribution in [2.45, 2.75) is 19.8 Å². The summed E-state index contributed by atoms with van der Waals surface area (Å²) in [6.45, 7) is 2.22. The van der Waals surface area contributed by atoms with Crippen LogP contribution in [0.5, 0.6) is 5.75 Å². The van der Waals surface area contributed by atoms with Crippen molar-refractivity contribution in [3.63, 3.8) is 0 Å². The van der Waals surface area contributed by atoms with Gasteiger partial charge in [0.2, 0.25) is 0 Å². The van der Waals surface area contributed by atoms with E-state index in [4.69, 9.17) is 9.47 Å². The van der Waals surface area contributed by atoms with Crippen LogP contribution >= 0.6 is 0 Å². The molecular weight excluding hydrogens is 240 g/mol. The number of allylic oxidation sites excluding steroid dienone is 3. The van der Waals surface area contributed by atoms with Crippen LogP contribution in [0.1, 0.15) is 25.3 Å². The maximum atomic E-state index is 11.5. The molecule has 0 heterocycles. The Morgan fingerprint density at radius 2 is 2.05 bits per heavy atom. The first-order chi connectivity index (χ1) is 9.24. The van der Waals surface area contributed by atoms with Gasteiger partial charge in [-0.25, -0.2) is 4.79 Å². The third-order valence-electron chi connectivity index (χ3n) is 3.09. The third-order valence-corrected chi connectivity index (χ3v) is 3.09. The molecular formula is C16H18O3.